The van der Waals surface area contributed by atoms with Crippen molar-refractivity contribution < 1.29 is 11.0 Å². The molecule has 0 saturated carbocycles. The monoisotopic (exact) mass is 721 g/mol. The lowest BCUT2D eigenvalue weighted by atomic mass is 9.93. The second-order valence-electron chi connectivity index (χ2n) is 13.8. The van der Waals surface area contributed by atoms with E-state index in [1.165, 1.54) is 4.57 Å². The molecule has 56 heavy (non-hydrogen) atoms. The summed E-state index contributed by atoms with van der Waals surface area (Å²) in [6.45, 7) is 0. The number of para-hydroxylation sites is 5. The summed E-state index contributed by atoms with van der Waals surface area (Å²) >= 11 is 0. The van der Waals surface area contributed by atoms with Crippen molar-refractivity contribution in [2.24, 2.45) is 0 Å². The van der Waals surface area contributed by atoms with Gasteiger partial charge < -0.3 is 4.57 Å². The SMILES string of the molecule is [2H]c1c([2H])c([2H])c2c(c1[2H])c1c([2H])c([2H])c([2H])c([2H])c1n2-c1nc(-c2ccc3c4ccccc4c4ccccc4c3c2)nc(-c2ccccc2-n2c3ccccc3c3ccccc32)n1. The van der Waals surface area contributed by atoms with Gasteiger partial charge in [0.2, 0.25) is 5.95 Å². The fourth-order valence-electron chi connectivity index (χ4n) is 8.42. The number of nitrogens with zero attached hydrogens (tertiary/aromatic N) is 5. The Labute approximate surface area is 332 Å². The third-order valence-electron chi connectivity index (χ3n) is 10.8. The van der Waals surface area contributed by atoms with Crippen molar-refractivity contribution in [1.29, 1.82) is 0 Å². The van der Waals surface area contributed by atoms with Gasteiger partial charge in [-0.2, -0.15) is 9.97 Å². The van der Waals surface area contributed by atoms with Gasteiger partial charge in [0.05, 0.1) is 38.7 Å². The molecule has 0 N–H and O–H groups in total. The highest BCUT2D eigenvalue weighted by molar-refractivity contribution is 6.25. The molecule has 3 heterocycles. The minimum atomic E-state index is -0.531. The largest absolute Gasteiger partial charge is 0.309 e. The van der Waals surface area contributed by atoms with Crippen molar-refractivity contribution in [3.63, 3.8) is 0 Å². The molecule has 0 atom stereocenters. The van der Waals surface area contributed by atoms with Crippen LogP contribution in [0.4, 0.5) is 0 Å². The van der Waals surface area contributed by atoms with Gasteiger partial charge in [-0.25, -0.2) is 4.98 Å². The lowest BCUT2D eigenvalue weighted by Crippen LogP contribution is -2.07. The van der Waals surface area contributed by atoms with Gasteiger partial charge in [-0.1, -0.05) is 145 Å². The first kappa shape index (κ1) is 23.9. The molecule has 5 heteroatoms. The molecule has 9 aromatic carbocycles. The number of fused-ring (bicyclic) bond motifs is 12. The van der Waals surface area contributed by atoms with Crippen molar-refractivity contribution in [1.82, 2.24) is 24.1 Å². The predicted octanol–water partition coefficient (Wildman–Crippen LogP) is 12.9. The highest BCUT2D eigenvalue weighted by Crippen LogP contribution is 2.39. The zero-order valence-electron chi connectivity index (χ0n) is 37.5. The number of hydrogen-bond acceptors (Lipinski definition) is 3. The van der Waals surface area contributed by atoms with Gasteiger partial charge in [0.15, 0.2) is 11.6 Å². The van der Waals surface area contributed by atoms with Crippen LogP contribution in [0.1, 0.15) is 11.0 Å². The zero-order chi connectivity index (χ0) is 43.7. The highest BCUT2D eigenvalue weighted by atomic mass is 15.2. The van der Waals surface area contributed by atoms with Crippen LogP contribution in [-0.4, -0.2) is 24.1 Å². The number of hydrogen-bond donors (Lipinski definition) is 0. The second-order valence-corrected chi connectivity index (χ2v) is 13.8. The first-order chi connectivity index (χ1) is 31.1. The Morgan fingerprint density at radius 1 is 0.357 bits per heavy atom. The predicted molar refractivity (Wildman–Crippen MR) is 232 cm³/mol. The van der Waals surface area contributed by atoms with Crippen LogP contribution in [0.5, 0.6) is 0 Å². The Hall–Kier alpha value is -7.63. The minimum Gasteiger partial charge on any atom is -0.309 e. The van der Waals surface area contributed by atoms with Crippen LogP contribution in [0.3, 0.4) is 0 Å². The maximum atomic E-state index is 9.24. The molecule has 0 amide bonds. The van der Waals surface area contributed by atoms with Crippen molar-refractivity contribution in [3.8, 4) is 34.4 Å². The lowest BCUT2D eigenvalue weighted by molar-refractivity contribution is 0.952. The van der Waals surface area contributed by atoms with E-state index in [4.69, 9.17) is 23.2 Å². The van der Waals surface area contributed by atoms with Crippen LogP contribution in [0.15, 0.2) is 188 Å². The summed E-state index contributed by atoms with van der Waals surface area (Å²) < 4.78 is 74.8. The van der Waals surface area contributed by atoms with Gasteiger partial charge in [-0.15, -0.1) is 0 Å². The first-order valence-corrected chi connectivity index (χ1v) is 18.3. The Bertz CT molecular complexity index is 3860. The average Bonchev–Trinajstić information content (AvgIpc) is 3.88. The fourth-order valence-corrected chi connectivity index (χ4v) is 8.42. The van der Waals surface area contributed by atoms with E-state index in [1.807, 2.05) is 78.9 Å². The number of benzene rings is 9. The van der Waals surface area contributed by atoms with Crippen LogP contribution in [0.25, 0.3) is 110 Å². The van der Waals surface area contributed by atoms with Gasteiger partial charge >= 0.3 is 0 Å². The Morgan fingerprint density at radius 2 is 0.839 bits per heavy atom. The topological polar surface area (TPSA) is 48.5 Å². The van der Waals surface area contributed by atoms with Crippen LogP contribution >= 0.6 is 0 Å². The smallest absolute Gasteiger partial charge is 0.238 e. The van der Waals surface area contributed by atoms with Crippen molar-refractivity contribution in [3.05, 3.63) is 188 Å². The van der Waals surface area contributed by atoms with Crippen molar-refractivity contribution in [2.45, 2.75) is 0 Å². The maximum Gasteiger partial charge on any atom is 0.238 e. The molecular weight excluding hydrogens is 683 g/mol. The highest BCUT2D eigenvalue weighted by Gasteiger charge is 2.21. The van der Waals surface area contributed by atoms with Crippen molar-refractivity contribution in [2.75, 3.05) is 0 Å². The zero-order valence-corrected chi connectivity index (χ0v) is 29.5. The molecule has 0 saturated heterocycles. The molecule has 0 unspecified atom stereocenters. The summed E-state index contributed by atoms with van der Waals surface area (Å²) in [6, 6.07) is 42.8. The van der Waals surface area contributed by atoms with E-state index >= 15 is 0 Å². The van der Waals surface area contributed by atoms with Gasteiger partial charge in [-0.05, 0) is 74.7 Å². The van der Waals surface area contributed by atoms with Gasteiger partial charge in [0.25, 0.3) is 0 Å². The molecular formula is C51H31N5. The summed E-state index contributed by atoms with van der Waals surface area (Å²) in [5.41, 5.74) is 3.80. The van der Waals surface area contributed by atoms with Crippen LogP contribution < -0.4 is 0 Å². The fraction of sp³-hybridized carbons (Fsp3) is 0. The van der Waals surface area contributed by atoms with Crippen molar-refractivity contribution >= 4 is 75.9 Å². The molecule has 0 radical (unpaired) electrons. The van der Waals surface area contributed by atoms with E-state index in [0.717, 1.165) is 59.8 Å². The van der Waals surface area contributed by atoms with E-state index in [9.17, 15) is 2.74 Å². The van der Waals surface area contributed by atoms with E-state index in [2.05, 4.69) is 65.2 Å². The summed E-state index contributed by atoms with van der Waals surface area (Å²) in [6.07, 6.45) is 0. The first-order valence-electron chi connectivity index (χ1n) is 22.3. The van der Waals surface area contributed by atoms with Crippen LogP contribution in [0.2, 0.25) is 0 Å². The van der Waals surface area contributed by atoms with Gasteiger partial charge in [-0.3, -0.25) is 4.57 Å². The van der Waals surface area contributed by atoms with Crippen LogP contribution in [0, 0.1) is 0 Å². The third-order valence-corrected chi connectivity index (χ3v) is 10.8. The Kier molecular flexibility index (Phi) is 5.10. The molecule has 0 aliphatic carbocycles. The third kappa shape index (κ3) is 4.46. The van der Waals surface area contributed by atoms with E-state index in [0.29, 0.717) is 11.1 Å². The lowest BCUT2D eigenvalue weighted by Gasteiger charge is -2.15. The molecule has 260 valence electrons. The Balaban J connectivity index is 1.23. The maximum absolute atomic E-state index is 9.24. The summed E-state index contributed by atoms with van der Waals surface area (Å²) in [7, 11) is 0. The number of aromatic nitrogens is 5. The molecule has 0 bridgehead atoms. The molecule has 0 aliphatic heterocycles. The van der Waals surface area contributed by atoms with Gasteiger partial charge in [0, 0.05) is 32.7 Å². The molecule has 0 fully saturated rings. The molecule has 0 aliphatic rings. The normalized spacial score (nSPS) is 13.9. The summed E-state index contributed by atoms with van der Waals surface area (Å²) in [4.78, 5) is 15.4. The van der Waals surface area contributed by atoms with E-state index in [1.54, 1.807) is 0 Å². The minimum absolute atomic E-state index is 0.0637. The molecule has 3 aromatic heterocycles. The summed E-state index contributed by atoms with van der Waals surface area (Å²) in [5, 5.41) is 8.37. The second kappa shape index (κ2) is 11.9. The van der Waals surface area contributed by atoms with E-state index in [-0.39, 0.29) is 39.4 Å². The molecule has 12 aromatic rings. The quantitative estimate of drug-likeness (QED) is 0.170. The standard InChI is InChI=1S/C51H31N5/c1-2-17-35-33(15-1)34-16-3-4-18-36(34)43-31-32(29-30-37(35)43)49-52-50(54-51(53-49)56-46-26-12-7-21-40(46)41-22-8-13-27-47(41)56)42-23-9-14-28-48(42)55-44-24-10-5-19-38(44)39-20-6-11-25-45(39)55/h1-31H/i7D,8D,12D,13D,21D,22D,26D,27D. The molecule has 12 rings (SSSR count). The van der Waals surface area contributed by atoms with Crippen LogP contribution in [-0.2, 0) is 0 Å². The number of rotatable bonds is 4. The Morgan fingerprint density at radius 3 is 1.46 bits per heavy atom. The van der Waals surface area contributed by atoms with Gasteiger partial charge in [0.1, 0.15) is 0 Å². The molecule has 0 spiro atoms. The molecule has 5 nitrogen and oxygen atoms in total. The average molecular weight is 722 g/mol. The van der Waals surface area contributed by atoms with E-state index < -0.39 is 48.3 Å². The summed E-state index contributed by atoms with van der Waals surface area (Å²) in [5.74, 6) is 0.390.